The molecule has 0 saturated carbocycles. The van der Waals surface area contributed by atoms with Crippen molar-refractivity contribution in [2.75, 3.05) is 5.43 Å². The Balaban J connectivity index is 2.11. The second kappa shape index (κ2) is 4.63. The molecular weight excluding hydrogens is 207 g/mol. The van der Waals surface area contributed by atoms with Crippen LogP contribution in [-0.4, -0.2) is 0 Å². The Kier molecular flexibility index (Phi) is 3.03. The molecule has 0 fully saturated rings. The molecule has 4 heteroatoms. The predicted molar refractivity (Wildman–Crippen MR) is 59.4 cm³/mol. The highest BCUT2D eigenvalue weighted by molar-refractivity contribution is 5.45. The summed E-state index contributed by atoms with van der Waals surface area (Å²) in [6.45, 7) is 0. The lowest BCUT2D eigenvalue weighted by molar-refractivity contribution is -0.325. The van der Waals surface area contributed by atoms with Gasteiger partial charge in [0.05, 0.1) is 5.69 Å². The summed E-state index contributed by atoms with van der Waals surface area (Å²) in [7, 11) is 0. The Hall–Kier alpha value is -2.07. The van der Waals surface area contributed by atoms with Gasteiger partial charge in [-0.15, -0.1) is 0 Å². The lowest BCUT2D eigenvalue weighted by Gasteiger charge is -2.05. The molecule has 4 N–H and O–H groups in total. The van der Waals surface area contributed by atoms with E-state index in [0.29, 0.717) is 11.5 Å². The normalized spacial score (nSPS) is 9.88. The van der Waals surface area contributed by atoms with Crippen molar-refractivity contribution in [3.63, 3.8) is 0 Å². The Labute approximate surface area is 92.6 Å². The van der Waals surface area contributed by atoms with Gasteiger partial charge in [-0.2, -0.15) is 0 Å². The number of quaternary nitrogens is 1. The summed E-state index contributed by atoms with van der Waals surface area (Å²) < 4.78 is 18.2. The maximum atomic E-state index is 12.7. The van der Waals surface area contributed by atoms with Crippen molar-refractivity contribution in [1.29, 1.82) is 0 Å². The maximum absolute atomic E-state index is 12.7. The first-order chi connectivity index (χ1) is 7.78. The molecule has 0 aliphatic heterocycles. The molecule has 0 amide bonds. The van der Waals surface area contributed by atoms with E-state index >= 15 is 0 Å². The summed E-state index contributed by atoms with van der Waals surface area (Å²) in [5, 5.41) is 0. The third-order valence-electron chi connectivity index (χ3n) is 2.11. The summed E-state index contributed by atoms with van der Waals surface area (Å²) in [4.78, 5) is 0. The first-order valence-electron chi connectivity index (χ1n) is 4.84. The first kappa shape index (κ1) is 10.4. The van der Waals surface area contributed by atoms with Crippen molar-refractivity contribution in [2.45, 2.75) is 0 Å². The molecule has 0 saturated heterocycles. The number of hydrogen-bond acceptors (Lipinski definition) is 2. The topological polar surface area (TPSA) is 48.9 Å². The van der Waals surface area contributed by atoms with Gasteiger partial charge in [0.1, 0.15) is 17.3 Å². The molecule has 0 aliphatic rings. The lowest BCUT2D eigenvalue weighted by atomic mass is 10.3. The smallest absolute Gasteiger partial charge is 0.127 e. The van der Waals surface area contributed by atoms with Crippen molar-refractivity contribution in [3.8, 4) is 11.5 Å². The van der Waals surface area contributed by atoms with Crippen LogP contribution in [0.15, 0.2) is 48.5 Å². The maximum Gasteiger partial charge on any atom is 0.127 e. The van der Waals surface area contributed by atoms with Crippen LogP contribution in [0.5, 0.6) is 11.5 Å². The van der Waals surface area contributed by atoms with Gasteiger partial charge >= 0.3 is 0 Å². The van der Waals surface area contributed by atoms with Crippen molar-refractivity contribution in [3.05, 3.63) is 54.3 Å². The molecule has 0 atom stereocenters. The number of halogens is 1. The molecule has 2 aromatic carbocycles. The highest BCUT2D eigenvalue weighted by atomic mass is 19.1. The van der Waals surface area contributed by atoms with Crippen molar-refractivity contribution >= 4 is 5.69 Å². The number of hydrogen-bond donors (Lipinski definition) is 2. The fourth-order valence-corrected chi connectivity index (χ4v) is 1.28. The Morgan fingerprint density at radius 2 is 1.38 bits per heavy atom. The molecule has 2 aromatic rings. The third kappa shape index (κ3) is 2.49. The Bertz CT molecular complexity index is 453. The minimum atomic E-state index is -0.274. The highest BCUT2D eigenvalue weighted by Gasteiger charge is 1.98. The minimum Gasteiger partial charge on any atom is -0.457 e. The predicted octanol–water partition coefficient (Wildman–Crippen LogP) is 2.19. The van der Waals surface area contributed by atoms with Crippen LogP contribution in [0.3, 0.4) is 0 Å². The van der Waals surface area contributed by atoms with Crippen LogP contribution in [0.2, 0.25) is 0 Å². The van der Waals surface area contributed by atoms with E-state index in [1.165, 1.54) is 12.1 Å². The van der Waals surface area contributed by atoms with E-state index in [9.17, 15) is 4.39 Å². The minimum absolute atomic E-state index is 0.274. The lowest BCUT2D eigenvalue weighted by Crippen LogP contribution is -2.56. The Morgan fingerprint density at radius 1 is 0.875 bits per heavy atom. The van der Waals surface area contributed by atoms with E-state index in [2.05, 4.69) is 11.3 Å². The van der Waals surface area contributed by atoms with Crippen LogP contribution in [0, 0.1) is 5.82 Å². The standard InChI is InChI=1S/C12H11FN2O/c13-9-1-5-11(6-2-9)16-12-7-3-10(15-14)4-8-12/h1-8,15H,14H2/p+1. The third-order valence-corrected chi connectivity index (χ3v) is 2.11. The molecular formula is C12H12FN2O+. The van der Waals surface area contributed by atoms with Gasteiger partial charge in [-0.05, 0) is 48.5 Å². The number of nitrogens with one attached hydrogen (secondary N) is 1. The zero-order valence-electron chi connectivity index (χ0n) is 8.61. The molecule has 2 rings (SSSR count). The van der Waals surface area contributed by atoms with Crippen LogP contribution in [0.4, 0.5) is 10.1 Å². The van der Waals surface area contributed by atoms with E-state index in [1.807, 2.05) is 24.3 Å². The van der Waals surface area contributed by atoms with E-state index < -0.39 is 0 Å². The quantitative estimate of drug-likeness (QED) is 0.777. The van der Waals surface area contributed by atoms with E-state index in [1.54, 1.807) is 12.1 Å². The van der Waals surface area contributed by atoms with Crippen LogP contribution >= 0.6 is 0 Å². The summed E-state index contributed by atoms with van der Waals surface area (Å²) in [6.07, 6.45) is 0. The van der Waals surface area contributed by atoms with Crippen molar-refractivity contribution in [1.82, 2.24) is 0 Å². The SMILES string of the molecule is [NH3+]Nc1ccc(Oc2ccc(F)cc2)cc1. The average Bonchev–Trinajstić information content (AvgIpc) is 2.33. The average molecular weight is 219 g/mol. The number of anilines is 1. The van der Waals surface area contributed by atoms with E-state index in [-0.39, 0.29) is 5.82 Å². The van der Waals surface area contributed by atoms with Gasteiger partial charge in [0, 0.05) is 0 Å². The number of rotatable bonds is 3. The van der Waals surface area contributed by atoms with Crippen LogP contribution < -0.4 is 16.0 Å². The van der Waals surface area contributed by atoms with E-state index in [0.717, 1.165) is 5.69 Å². The second-order valence-corrected chi connectivity index (χ2v) is 3.26. The zero-order valence-corrected chi connectivity index (χ0v) is 8.61. The monoisotopic (exact) mass is 219 g/mol. The summed E-state index contributed by atoms with van der Waals surface area (Å²) in [5.41, 5.74) is 3.68. The molecule has 0 spiro atoms. The number of benzene rings is 2. The van der Waals surface area contributed by atoms with Gasteiger partial charge in [0.25, 0.3) is 0 Å². The van der Waals surface area contributed by atoms with Gasteiger partial charge in [0.2, 0.25) is 0 Å². The van der Waals surface area contributed by atoms with Gasteiger partial charge in [0.15, 0.2) is 0 Å². The largest absolute Gasteiger partial charge is 0.457 e. The highest BCUT2D eigenvalue weighted by Crippen LogP contribution is 2.22. The molecule has 0 aromatic heterocycles. The molecule has 0 unspecified atom stereocenters. The Morgan fingerprint density at radius 3 is 1.88 bits per heavy atom. The molecule has 16 heavy (non-hydrogen) atoms. The van der Waals surface area contributed by atoms with Gasteiger partial charge in [-0.25, -0.2) is 9.82 Å². The van der Waals surface area contributed by atoms with Crippen molar-refractivity contribution in [2.24, 2.45) is 0 Å². The van der Waals surface area contributed by atoms with Crippen LogP contribution in [0.1, 0.15) is 0 Å². The van der Waals surface area contributed by atoms with E-state index in [4.69, 9.17) is 4.74 Å². The molecule has 3 nitrogen and oxygen atoms in total. The van der Waals surface area contributed by atoms with Crippen molar-refractivity contribution < 1.29 is 15.0 Å². The summed E-state index contributed by atoms with van der Waals surface area (Å²) in [5.74, 6) is 4.58. The molecule has 0 heterocycles. The molecule has 0 aliphatic carbocycles. The summed E-state index contributed by atoms with van der Waals surface area (Å²) in [6, 6.07) is 13.2. The molecule has 0 radical (unpaired) electrons. The zero-order chi connectivity index (χ0) is 11.4. The summed E-state index contributed by atoms with van der Waals surface area (Å²) >= 11 is 0. The fraction of sp³-hybridized carbons (Fsp3) is 0. The van der Waals surface area contributed by atoms with Gasteiger partial charge in [-0.3, -0.25) is 5.84 Å². The molecule has 0 bridgehead atoms. The van der Waals surface area contributed by atoms with Gasteiger partial charge < -0.3 is 4.74 Å². The van der Waals surface area contributed by atoms with Crippen LogP contribution in [-0.2, 0) is 0 Å². The van der Waals surface area contributed by atoms with Gasteiger partial charge in [-0.1, -0.05) is 0 Å². The first-order valence-corrected chi connectivity index (χ1v) is 4.84. The number of ether oxygens (including phenoxy) is 1. The second-order valence-electron chi connectivity index (χ2n) is 3.26. The van der Waals surface area contributed by atoms with Crippen LogP contribution in [0.25, 0.3) is 0 Å². The fourth-order valence-electron chi connectivity index (χ4n) is 1.28. The molecule has 82 valence electrons.